The maximum Gasteiger partial charge on any atom is 0.311 e. The molecule has 0 unspecified atom stereocenters. The normalized spacial score (nSPS) is 13.1. The third-order valence-corrected chi connectivity index (χ3v) is 9.53. The van der Waals surface area contributed by atoms with E-state index in [0.717, 1.165) is 43.5 Å². The van der Waals surface area contributed by atoms with Gasteiger partial charge in [-0.15, -0.1) is 0 Å². The molecule has 0 atom stereocenters. The molecule has 4 rings (SSSR count). The van der Waals surface area contributed by atoms with E-state index in [1.807, 2.05) is 28.2 Å². The summed E-state index contributed by atoms with van der Waals surface area (Å²) in [4.78, 5) is 44.8. The Bertz CT molecular complexity index is 1770. The molecule has 12 heteroatoms. The number of H-pyrrole nitrogens is 2. The molecule has 0 saturated heterocycles. The van der Waals surface area contributed by atoms with E-state index in [9.17, 15) is 18.4 Å². The summed E-state index contributed by atoms with van der Waals surface area (Å²) in [7, 11) is 7.92. The van der Waals surface area contributed by atoms with Gasteiger partial charge in [0.1, 0.15) is 22.8 Å². The number of nitrogens with one attached hydrogen (secondary N) is 2. The van der Waals surface area contributed by atoms with E-state index < -0.39 is 34.7 Å². The van der Waals surface area contributed by atoms with Gasteiger partial charge in [0.15, 0.2) is 0 Å². The molecule has 4 aromatic heterocycles. The number of hydrogen-bond donors (Lipinski definition) is 2. The summed E-state index contributed by atoms with van der Waals surface area (Å²) in [5.41, 5.74) is 1.37. The van der Waals surface area contributed by atoms with Gasteiger partial charge in [-0.25, -0.2) is 9.97 Å². The summed E-state index contributed by atoms with van der Waals surface area (Å²) in [6, 6.07) is 2.37. The number of nitrogens with zero attached hydrogens (tertiary/aromatic N) is 4. The van der Waals surface area contributed by atoms with Crippen LogP contribution in [-0.4, -0.2) is 83.0 Å². The van der Waals surface area contributed by atoms with E-state index in [4.69, 9.17) is 9.47 Å². The van der Waals surface area contributed by atoms with Crippen LogP contribution in [-0.2, 0) is 22.4 Å². The minimum Gasteiger partial charge on any atom is -0.426 e. The largest absolute Gasteiger partial charge is 0.426 e. The molecule has 0 aromatic carbocycles. The number of hydrogen-bond acceptors (Lipinski definition) is 8. The number of halogens is 2. The lowest BCUT2D eigenvalue weighted by atomic mass is 9.63. The molecule has 0 aliphatic carbocycles. The summed E-state index contributed by atoms with van der Waals surface area (Å²) in [5.74, 6) is -1.91. The van der Waals surface area contributed by atoms with Gasteiger partial charge >= 0.3 is 11.9 Å². The Kier molecular flexibility index (Phi) is 12.8. The second kappa shape index (κ2) is 16.2. The van der Waals surface area contributed by atoms with Crippen molar-refractivity contribution in [2.75, 3.05) is 41.3 Å². The minimum atomic E-state index is -0.714. The van der Waals surface area contributed by atoms with E-state index in [0.29, 0.717) is 34.9 Å². The van der Waals surface area contributed by atoms with Crippen LogP contribution in [0, 0.1) is 33.6 Å². The Balaban J connectivity index is 1.37. The fraction of sp³-hybridized carbons (Fsp3) is 0.610. The predicted octanol–water partition coefficient (Wildman–Crippen LogP) is 8.49. The van der Waals surface area contributed by atoms with E-state index in [2.05, 4.69) is 85.1 Å². The highest BCUT2D eigenvalue weighted by Gasteiger charge is 2.39. The van der Waals surface area contributed by atoms with Crippen LogP contribution in [0.5, 0.6) is 11.5 Å². The Morgan fingerprint density at radius 3 is 1.30 bits per heavy atom. The van der Waals surface area contributed by atoms with Gasteiger partial charge in [0, 0.05) is 37.6 Å². The molecule has 0 fully saturated rings. The first-order valence-electron chi connectivity index (χ1n) is 18.5. The quantitative estimate of drug-likeness (QED) is 0.0772. The van der Waals surface area contributed by atoms with Crippen LogP contribution in [0.2, 0.25) is 0 Å². The van der Waals surface area contributed by atoms with Crippen molar-refractivity contribution in [2.24, 2.45) is 21.7 Å². The third-order valence-electron chi connectivity index (χ3n) is 9.53. The zero-order chi connectivity index (χ0) is 39.5. The molecule has 53 heavy (non-hydrogen) atoms. The first-order chi connectivity index (χ1) is 24.4. The lowest BCUT2D eigenvalue weighted by molar-refractivity contribution is -0.137. The molecule has 292 valence electrons. The molecule has 2 N–H and O–H groups in total. The average Bonchev–Trinajstić information content (AvgIpc) is 3.55. The highest BCUT2D eigenvalue weighted by Crippen LogP contribution is 2.48. The molecule has 0 aliphatic rings. The van der Waals surface area contributed by atoms with Gasteiger partial charge in [0.05, 0.1) is 23.6 Å². The van der Waals surface area contributed by atoms with Gasteiger partial charge in [-0.2, -0.15) is 8.78 Å². The zero-order valence-corrected chi connectivity index (χ0v) is 33.9. The smallest absolute Gasteiger partial charge is 0.311 e. The molecular formula is C41H60F2N6O4. The molecule has 0 amide bonds. The Labute approximate surface area is 313 Å². The summed E-state index contributed by atoms with van der Waals surface area (Å²) in [6.45, 7) is 18.6. The molecule has 10 nitrogen and oxygen atoms in total. The van der Waals surface area contributed by atoms with Crippen molar-refractivity contribution in [2.45, 2.75) is 100 Å². The maximum atomic E-state index is 14.4. The van der Waals surface area contributed by atoms with Crippen molar-refractivity contribution >= 4 is 34.0 Å². The number of aromatic nitrogens is 4. The number of rotatable bonds is 18. The SMILES string of the molecule is CN(C)CCc1c[nH]c2nc(F)cc(OC(=O)CC(C)(C)CC(C)(C)CC(C)(C)CC(C)(C)CC(=O)Oc3cc(F)nc4[nH]cc(CCN(C)C)c34)c12. The Morgan fingerprint density at radius 1 is 0.623 bits per heavy atom. The molecule has 0 saturated carbocycles. The van der Waals surface area contributed by atoms with Gasteiger partial charge < -0.3 is 29.2 Å². The van der Waals surface area contributed by atoms with E-state index in [-0.39, 0.29) is 35.2 Å². The van der Waals surface area contributed by atoms with Crippen LogP contribution in [0.1, 0.15) is 98.6 Å². The summed E-state index contributed by atoms with van der Waals surface area (Å²) < 4.78 is 40.5. The van der Waals surface area contributed by atoms with Crippen molar-refractivity contribution < 1.29 is 27.8 Å². The zero-order valence-electron chi connectivity index (χ0n) is 33.9. The van der Waals surface area contributed by atoms with Gasteiger partial charge in [-0.3, -0.25) is 9.59 Å². The van der Waals surface area contributed by atoms with Crippen LogP contribution in [0.3, 0.4) is 0 Å². The summed E-state index contributed by atoms with van der Waals surface area (Å²) in [6.07, 6.45) is 7.57. The highest BCUT2D eigenvalue weighted by molar-refractivity contribution is 5.90. The van der Waals surface area contributed by atoms with Gasteiger partial charge in [-0.1, -0.05) is 55.4 Å². The molecule has 0 spiro atoms. The maximum absolute atomic E-state index is 14.4. The van der Waals surface area contributed by atoms with Crippen molar-refractivity contribution in [3.8, 4) is 11.5 Å². The minimum absolute atomic E-state index is 0.151. The van der Waals surface area contributed by atoms with E-state index in [1.54, 1.807) is 12.4 Å². The highest BCUT2D eigenvalue weighted by atomic mass is 19.1. The molecular weight excluding hydrogens is 678 g/mol. The molecule has 4 aromatic rings. The lowest BCUT2D eigenvalue weighted by Gasteiger charge is -2.42. The fourth-order valence-electron chi connectivity index (χ4n) is 8.75. The van der Waals surface area contributed by atoms with Gasteiger partial charge in [-0.05, 0) is 93.1 Å². The number of pyridine rings is 2. The monoisotopic (exact) mass is 738 g/mol. The first kappa shape index (κ1) is 41.9. The topological polar surface area (TPSA) is 116 Å². The Morgan fingerprint density at radius 2 is 0.962 bits per heavy atom. The standard InChI is InChI=1S/C41H60F2N6O4/c1-38(2,19-32(50)52-28-17-30(42)46-36-34(28)26(21-44-36)13-15-48(9)10)23-40(5,6)25-41(7,8)24-39(3,4)20-33(51)53-29-18-31(43)47-37-35(29)27(22-45-37)14-16-49(11)12/h17-18,21-22H,13-16,19-20,23-25H2,1-12H3,(H,44,46)(H,45,47). The van der Waals surface area contributed by atoms with Gasteiger partial charge in [0.2, 0.25) is 11.9 Å². The number of esters is 2. The summed E-state index contributed by atoms with van der Waals surface area (Å²) >= 11 is 0. The second-order valence-electron chi connectivity index (χ2n) is 18.6. The summed E-state index contributed by atoms with van der Waals surface area (Å²) in [5, 5.41) is 1.26. The number of ether oxygens (including phenoxy) is 2. The average molecular weight is 739 g/mol. The predicted molar refractivity (Wildman–Crippen MR) is 206 cm³/mol. The van der Waals surface area contributed by atoms with Crippen molar-refractivity contribution in [1.29, 1.82) is 0 Å². The number of aromatic amines is 2. The molecule has 0 aliphatic heterocycles. The van der Waals surface area contributed by atoms with E-state index >= 15 is 0 Å². The molecule has 4 heterocycles. The number of carbonyl (C=O) groups is 2. The van der Waals surface area contributed by atoms with Crippen LogP contribution in [0.25, 0.3) is 22.1 Å². The van der Waals surface area contributed by atoms with Crippen molar-refractivity contribution in [1.82, 2.24) is 29.7 Å². The first-order valence-corrected chi connectivity index (χ1v) is 18.5. The van der Waals surface area contributed by atoms with Crippen molar-refractivity contribution in [3.05, 3.63) is 47.5 Å². The lowest BCUT2D eigenvalue weighted by Crippen LogP contribution is -2.33. The van der Waals surface area contributed by atoms with Gasteiger partial charge in [0.25, 0.3) is 0 Å². The van der Waals surface area contributed by atoms with Crippen LogP contribution in [0.15, 0.2) is 24.5 Å². The van der Waals surface area contributed by atoms with Crippen LogP contribution >= 0.6 is 0 Å². The second-order valence-corrected chi connectivity index (χ2v) is 18.6. The third kappa shape index (κ3) is 12.1. The number of fused-ring (bicyclic) bond motifs is 2. The number of likely N-dealkylation sites (N-methyl/N-ethyl adjacent to an activating group) is 2. The molecule has 0 bridgehead atoms. The molecule has 0 radical (unpaired) electrons. The van der Waals surface area contributed by atoms with Crippen LogP contribution in [0.4, 0.5) is 8.78 Å². The van der Waals surface area contributed by atoms with E-state index in [1.165, 1.54) is 12.1 Å². The van der Waals surface area contributed by atoms with Crippen molar-refractivity contribution in [3.63, 3.8) is 0 Å². The van der Waals surface area contributed by atoms with Crippen LogP contribution < -0.4 is 9.47 Å². The fourth-order valence-corrected chi connectivity index (χ4v) is 8.75. The Hall–Kier alpha value is -3.90. The number of carbonyl (C=O) groups excluding carboxylic acids is 2.